The molecule has 1 amide bonds. The van der Waals surface area contributed by atoms with Gasteiger partial charge < -0.3 is 9.84 Å². The Kier molecular flexibility index (Phi) is 2.90. The second kappa shape index (κ2) is 4.52. The van der Waals surface area contributed by atoms with E-state index >= 15 is 0 Å². The number of halogens is 1. The molecule has 2 aromatic heterocycles. The average molecular weight is 221 g/mol. The van der Waals surface area contributed by atoms with Crippen LogP contribution in [0.4, 0.5) is 4.39 Å². The van der Waals surface area contributed by atoms with Crippen molar-refractivity contribution in [1.82, 2.24) is 15.5 Å². The predicted molar refractivity (Wildman–Crippen MR) is 51.9 cm³/mol. The zero-order valence-corrected chi connectivity index (χ0v) is 8.18. The minimum absolute atomic E-state index is 0.0954. The molecule has 0 aliphatic rings. The first kappa shape index (κ1) is 10.3. The fourth-order valence-corrected chi connectivity index (χ4v) is 1.15. The molecule has 82 valence electrons. The number of carbonyl (C=O) groups is 1. The van der Waals surface area contributed by atoms with E-state index in [-0.39, 0.29) is 12.1 Å². The van der Waals surface area contributed by atoms with Gasteiger partial charge in [-0.15, -0.1) is 0 Å². The molecule has 0 saturated heterocycles. The fourth-order valence-electron chi connectivity index (χ4n) is 1.15. The second-order valence-electron chi connectivity index (χ2n) is 3.00. The quantitative estimate of drug-likeness (QED) is 0.789. The van der Waals surface area contributed by atoms with Gasteiger partial charge in [0.05, 0.1) is 18.3 Å². The van der Waals surface area contributed by atoms with Crippen LogP contribution in [0.25, 0.3) is 0 Å². The molecule has 5 nitrogen and oxygen atoms in total. The SMILES string of the molecule is O=C(NCc1ccno1)c1cccnc1F. The van der Waals surface area contributed by atoms with Gasteiger partial charge in [-0.3, -0.25) is 4.79 Å². The lowest BCUT2D eigenvalue weighted by Crippen LogP contribution is -2.23. The molecule has 6 heteroatoms. The lowest BCUT2D eigenvalue weighted by molar-refractivity contribution is 0.0942. The van der Waals surface area contributed by atoms with Gasteiger partial charge in [0.1, 0.15) is 0 Å². The maximum atomic E-state index is 13.1. The molecule has 1 N–H and O–H groups in total. The lowest BCUT2D eigenvalue weighted by Gasteiger charge is -2.02. The van der Waals surface area contributed by atoms with Crippen LogP contribution >= 0.6 is 0 Å². The number of rotatable bonds is 3. The van der Waals surface area contributed by atoms with Gasteiger partial charge in [-0.2, -0.15) is 4.39 Å². The normalized spacial score (nSPS) is 10.1. The van der Waals surface area contributed by atoms with E-state index in [0.29, 0.717) is 5.76 Å². The van der Waals surface area contributed by atoms with Crippen molar-refractivity contribution in [3.05, 3.63) is 47.9 Å². The van der Waals surface area contributed by atoms with Crippen LogP contribution in [-0.4, -0.2) is 16.0 Å². The molecule has 0 atom stereocenters. The van der Waals surface area contributed by atoms with Crippen molar-refractivity contribution in [2.24, 2.45) is 0 Å². The van der Waals surface area contributed by atoms with Gasteiger partial charge >= 0.3 is 0 Å². The van der Waals surface area contributed by atoms with Gasteiger partial charge in [0, 0.05) is 12.3 Å². The smallest absolute Gasteiger partial charge is 0.256 e. The zero-order chi connectivity index (χ0) is 11.4. The topological polar surface area (TPSA) is 68.0 Å². The third-order valence-electron chi connectivity index (χ3n) is 1.92. The Morgan fingerprint density at radius 1 is 1.44 bits per heavy atom. The molecular weight excluding hydrogens is 213 g/mol. The second-order valence-corrected chi connectivity index (χ2v) is 3.00. The largest absolute Gasteiger partial charge is 0.360 e. The Hall–Kier alpha value is -2.24. The molecule has 0 aliphatic heterocycles. The Morgan fingerprint density at radius 3 is 3.00 bits per heavy atom. The summed E-state index contributed by atoms with van der Waals surface area (Å²) in [6.45, 7) is 0.160. The van der Waals surface area contributed by atoms with Gasteiger partial charge in [-0.05, 0) is 12.1 Å². The van der Waals surface area contributed by atoms with Crippen molar-refractivity contribution in [1.29, 1.82) is 0 Å². The van der Waals surface area contributed by atoms with E-state index in [1.54, 1.807) is 6.07 Å². The minimum Gasteiger partial charge on any atom is -0.360 e. The summed E-state index contributed by atoms with van der Waals surface area (Å²) in [6.07, 6.45) is 2.74. The number of pyridine rings is 1. The first-order chi connectivity index (χ1) is 7.77. The van der Waals surface area contributed by atoms with Gasteiger partial charge in [-0.1, -0.05) is 5.16 Å². The number of carbonyl (C=O) groups excluding carboxylic acids is 1. The van der Waals surface area contributed by atoms with Crippen molar-refractivity contribution in [2.45, 2.75) is 6.54 Å². The molecule has 0 radical (unpaired) electrons. The third-order valence-corrected chi connectivity index (χ3v) is 1.92. The molecule has 0 unspecified atom stereocenters. The van der Waals surface area contributed by atoms with E-state index in [4.69, 9.17) is 4.52 Å². The van der Waals surface area contributed by atoms with Crippen molar-refractivity contribution in [2.75, 3.05) is 0 Å². The number of aromatic nitrogens is 2. The van der Waals surface area contributed by atoms with Crippen LogP contribution < -0.4 is 5.32 Å². The number of amides is 1. The first-order valence-corrected chi connectivity index (χ1v) is 4.55. The summed E-state index contributed by atoms with van der Waals surface area (Å²) in [4.78, 5) is 14.9. The highest BCUT2D eigenvalue weighted by molar-refractivity contribution is 5.93. The highest BCUT2D eigenvalue weighted by Gasteiger charge is 2.11. The first-order valence-electron chi connectivity index (χ1n) is 4.55. The summed E-state index contributed by atoms with van der Waals surface area (Å²) in [5.74, 6) is -0.836. The predicted octanol–water partition coefficient (Wildman–Crippen LogP) is 1.14. The van der Waals surface area contributed by atoms with Crippen molar-refractivity contribution in [3.63, 3.8) is 0 Å². The third kappa shape index (κ3) is 2.22. The van der Waals surface area contributed by atoms with Crippen molar-refractivity contribution in [3.8, 4) is 0 Å². The lowest BCUT2D eigenvalue weighted by atomic mass is 10.2. The van der Waals surface area contributed by atoms with Crippen LogP contribution in [-0.2, 0) is 6.54 Å². The van der Waals surface area contributed by atoms with Gasteiger partial charge in [0.15, 0.2) is 5.76 Å². The van der Waals surface area contributed by atoms with E-state index in [9.17, 15) is 9.18 Å². The highest BCUT2D eigenvalue weighted by atomic mass is 19.1. The van der Waals surface area contributed by atoms with Crippen LogP contribution in [0.3, 0.4) is 0 Å². The van der Waals surface area contributed by atoms with Gasteiger partial charge in [0.25, 0.3) is 5.91 Å². The number of hydrogen-bond acceptors (Lipinski definition) is 4. The molecule has 0 bridgehead atoms. The van der Waals surface area contributed by atoms with E-state index in [0.717, 1.165) is 0 Å². The van der Waals surface area contributed by atoms with Crippen molar-refractivity contribution < 1.29 is 13.7 Å². The van der Waals surface area contributed by atoms with Crippen molar-refractivity contribution >= 4 is 5.91 Å². The summed E-state index contributed by atoms with van der Waals surface area (Å²) >= 11 is 0. The molecule has 2 aromatic rings. The zero-order valence-electron chi connectivity index (χ0n) is 8.18. The van der Waals surface area contributed by atoms with Crippen LogP contribution in [0.2, 0.25) is 0 Å². The van der Waals surface area contributed by atoms with Crippen LogP contribution in [0.15, 0.2) is 35.1 Å². The molecule has 16 heavy (non-hydrogen) atoms. The van der Waals surface area contributed by atoms with Crippen LogP contribution in [0.1, 0.15) is 16.1 Å². The molecule has 0 spiro atoms. The Labute approximate surface area is 90.3 Å². The van der Waals surface area contributed by atoms with Crippen LogP contribution in [0, 0.1) is 5.95 Å². The molecule has 0 fully saturated rings. The Morgan fingerprint density at radius 2 is 2.31 bits per heavy atom. The summed E-state index contributed by atoms with van der Waals surface area (Å²) in [5.41, 5.74) is -0.0954. The Bertz CT molecular complexity index is 485. The van der Waals surface area contributed by atoms with E-state index < -0.39 is 11.9 Å². The number of nitrogens with one attached hydrogen (secondary N) is 1. The van der Waals surface area contributed by atoms with Gasteiger partial charge in [-0.25, -0.2) is 4.98 Å². The maximum Gasteiger partial charge on any atom is 0.256 e. The highest BCUT2D eigenvalue weighted by Crippen LogP contribution is 2.03. The summed E-state index contributed by atoms with van der Waals surface area (Å²) in [7, 11) is 0. The molecule has 0 saturated carbocycles. The summed E-state index contributed by atoms with van der Waals surface area (Å²) in [6, 6.07) is 4.46. The van der Waals surface area contributed by atoms with E-state index in [2.05, 4.69) is 15.5 Å². The number of hydrogen-bond donors (Lipinski definition) is 1. The minimum atomic E-state index is -0.794. The summed E-state index contributed by atoms with van der Waals surface area (Å²) < 4.78 is 17.9. The van der Waals surface area contributed by atoms with E-state index in [1.165, 1.54) is 24.5 Å². The average Bonchev–Trinajstić information content (AvgIpc) is 2.79. The monoisotopic (exact) mass is 221 g/mol. The molecule has 2 heterocycles. The summed E-state index contributed by atoms with van der Waals surface area (Å²) in [5, 5.41) is 5.97. The number of nitrogens with zero attached hydrogens (tertiary/aromatic N) is 2. The molecule has 2 rings (SSSR count). The molecule has 0 aliphatic carbocycles. The molecule has 0 aromatic carbocycles. The fraction of sp³-hybridized carbons (Fsp3) is 0.100. The Balaban J connectivity index is 2.01. The maximum absolute atomic E-state index is 13.1. The standard InChI is InChI=1S/C10H8FN3O2/c11-9-8(2-1-4-12-9)10(15)13-6-7-3-5-14-16-7/h1-5H,6H2,(H,13,15). The van der Waals surface area contributed by atoms with Gasteiger partial charge in [0.2, 0.25) is 5.95 Å². The van der Waals surface area contributed by atoms with E-state index in [1.807, 2.05) is 0 Å². The van der Waals surface area contributed by atoms with Crippen LogP contribution in [0.5, 0.6) is 0 Å². The molecular formula is C10H8FN3O2.